The molecule has 140 valence electrons. The second-order valence-corrected chi connectivity index (χ2v) is 6.91. The first-order chi connectivity index (χ1) is 12.5. The average molecular weight is 358 g/mol. The molecule has 26 heavy (non-hydrogen) atoms. The lowest BCUT2D eigenvalue weighted by Crippen LogP contribution is -2.40. The Morgan fingerprint density at radius 3 is 2.73 bits per heavy atom. The number of hydrogen-bond acceptors (Lipinski definition) is 5. The zero-order valence-electron chi connectivity index (χ0n) is 15.6. The lowest BCUT2D eigenvalue weighted by Gasteiger charge is -2.33. The highest BCUT2D eigenvalue weighted by Crippen LogP contribution is 2.21. The average Bonchev–Trinajstić information content (AvgIpc) is 3.07. The molecule has 0 aromatic carbocycles. The van der Waals surface area contributed by atoms with Gasteiger partial charge in [0.05, 0.1) is 11.9 Å². The molecule has 0 saturated carbocycles. The van der Waals surface area contributed by atoms with E-state index in [-0.39, 0.29) is 17.5 Å². The zero-order valence-corrected chi connectivity index (χ0v) is 15.6. The minimum Gasteiger partial charge on any atom is -0.370 e. The number of amides is 1. The summed E-state index contributed by atoms with van der Waals surface area (Å²) in [6.07, 6.45) is 7.23. The van der Waals surface area contributed by atoms with Gasteiger partial charge < -0.3 is 14.8 Å². The Kier molecular flexibility index (Phi) is 5.39. The molecule has 1 atom stereocenters. The molecule has 3 rings (SSSR count). The van der Waals surface area contributed by atoms with Crippen molar-refractivity contribution < 1.29 is 4.79 Å². The first kappa shape index (κ1) is 18.2. The molecule has 1 saturated heterocycles. The first-order valence-corrected chi connectivity index (χ1v) is 9.01. The Labute approximate surface area is 152 Å². The van der Waals surface area contributed by atoms with Crippen molar-refractivity contribution in [1.82, 2.24) is 24.6 Å². The SMILES string of the molecule is Cc1nccn1C(C)C(=O)NCC1CCN(c2cnn(C)c(=O)c2)CC1. The Balaban J connectivity index is 1.48. The van der Waals surface area contributed by atoms with Crippen LogP contribution in [-0.2, 0) is 11.8 Å². The number of rotatable bonds is 5. The van der Waals surface area contributed by atoms with E-state index in [2.05, 4.69) is 20.3 Å². The van der Waals surface area contributed by atoms with Gasteiger partial charge in [0.1, 0.15) is 11.9 Å². The second-order valence-electron chi connectivity index (χ2n) is 6.91. The summed E-state index contributed by atoms with van der Waals surface area (Å²) in [6, 6.07) is 1.37. The van der Waals surface area contributed by atoms with Crippen molar-refractivity contribution in [3.05, 3.63) is 40.8 Å². The topological polar surface area (TPSA) is 85.1 Å². The van der Waals surface area contributed by atoms with E-state index in [1.165, 1.54) is 4.68 Å². The minimum absolute atomic E-state index is 0.0179. The fourth-order valence-electron chi connectivity index (χ4n) is 3.34. The third kappa shape index (κ3) is 3.95. The summed E-state index contributed by atoms with van der Waals surface area (Å²) < 4.78 is 3.20. The summed E-state index contributed by atoms with van der Waals surface area (Å²) in [7, 11) is 1.65. The number of carbonyl (C=O) groups excluding carboxylic acids is 1. The van der Waals surface area contributed by atoms with Gasteiger partial charge in [0.25, 0.3) is 5.56 Å². The minimum atomic E-state index is -0.260. The molecule has 3 heterocycles. The van der Waals surface area contributed by atoms with Crippen LogP contribution in [0.3, 0.4) is 0 Å². The fraction of sp³-hybridized carbons (Fsp3) is 0.556. The van der Waals surface area contributed by atoms with Crippen LogP contribution in [0.2, 0.25) is 0 Å². The second kappa shape index (κ2) is 7.72. The van der Waals surface area contributed by atoms with Gasteiger partial charge in [-0.3, -0.25) is 9.59 Å². The van der Waals surface area contributed by atoms with Crippen molar-refractivity contribution in [2.45, 2.75) is 32.7 Å². The van der Waals surface area contributed by atoms with Gasteiger partial charge in [-0.2, -0.15) is 5.10 Å². The van der Waals surface area contributed by atoms with Crippen molar-refractivity contribution in [2.24, 2.45) is 13.0 Å². The molecule has 1 aliphatic heterocycles. The highest BCUT2D eigenvalue weighted by atomic mass is 16.2. The monoisotopic (exact) mass is 358 g/mol. The zero-order chi connectivity index (χ0) is 18.7. The molecule has 8 nitrogen and oxygen atoms in total. The van der Waals surface area contributed by atoms with Gasteiger partial charge in [0.2, 0.25) is 5.91 Å². The normalized spacial score (nSPS) is 16.5. The van der Waals surface area contributed by atoms with E-state index in [4.69, 9.17) is 0 Å². The maximum atomic E-state index is 12.4. The number of anilines is 1. The highest BCUT2D eigenvalue weighted by Gasteiger charge is 2.22. The molecule has 2 aromatic heterocycles. The first-order valence-electron chi connectivity index (χ1n) is 9.01. The van der Waals surface area contributed by atoms with Gasteiger partial charge in [0.15, 0.2) is 0 Å². The Hall–Kier alpha value is -2.64. The largest absolute Gasteiger partial charge is 0.370 e. The van der Waals surface area contributed by atoms with E-state index < -0.39 is 0 Å². The summed E-state index contributed by atoms with van der Waals surface area (Å²) in [6.45, 7) is 6.19. The van der Waals surface area contributed by atoms with Crippen LogP contribution in [0.25, 0.3) is 0 Å². The molecule has 1 unspecified atom stereocenters. The molecule has 8 heteroatoms. The van der Waals surface area contributed by atoms with E-state index >= 15 is 0 Å². The van der Waals surface area contributed by atoms with Crippen molar-refractivity contribution in [3.8, 4) is 0 Å². The molecule has 1 amide bonds. The third-order valence-corrected chi connectivity index (χ3v) is 5.16. The van der Waals surface area contributed by atoms with E-state index in [0.29, 0.717) is 12.5 Å². The standard InChI is InChI=1S/C18H26N6O2/c1-13(24-9-6-19-14(24)2)18(26)20-11-15-4-7-23(8-5-15)16-10-17(25)22(3)21-12-16/h6,9-10,12-13,15H,4-5,7-8,11H2,1-3H3,(H,20,26). The van der Waals surface area contributed by atoms with Crippen LogP contribution < -0.4 is 15.8 Å². The maximum absolute atomic E-state index is 12.4. The van der Waals surface area contributed by atoms with Crippen LogP contribution in [0, 0.1) is 12.8 Å². The smallest absolute Gasteiger partial charge is 0.268 e. The molecule has 0 aliphatic carbocycles. The lowest BCUT2D eigenvalue weighted by molar-refractivity contribution is -0.124. The Morgan fingerprint density at radius 2 is 2.12 bits per heavy atom. The number of hydrogen-bond donors (Lipinski definition) is 1. The number of piperidine rings is 1. The van der Waals surface area contributed by atoms with E-state index in [0.717, 1.165) is 37.4 Å². The van der Waals surface area contributed by atoms with Crippen LogP contribution in [-0.4, -0.2) is 44.9 Å². The Bertz CT molecular complexity index is 819. The Morgan fingerprint density at radius 1 is 1.38 bits per heavy atom. The number of aromatic nitrogens is 4. The highest BCUT2D eigenvalue weighted by molar-refractivity contribution is 5.79. The van der Waals surface area contributed by atoms with Crippen molar-refractivity contribution >= 4 is 11.6 Å². The molecular formula is C18H26N6O2. The maximum Gasteiger partial charge on any atom is 0.268 e. The van der Waals surface area contributed by atoms with Crippen LogP contribution >= 0.6 is 0 Å². The van der Waals surface area contributed by atoms with Crippen molar-refractivity contribution in [2.75, 3.05) is 24.5 Å². The van der Waals surface area contributed by atoms with Crippen molar-refractivity contribution in [1.29, 1.82) is 0 Å². The van der Waals surface area contributed by atoms with E-state index in [1.54, 1.807) is 25.5 Å². The van der Waals surface area contributed by atoms with Gasteiger partial charge in [-0.05, 0) is 32.6 Å². The number of aryl methyl sites for hydroxylation is 2. The summed E-state index contributed by atoms with van der Waals surface area (Å²) in [4.78, 5) is 30.5. The van der Waals surface area contributed by atoms with Crippen LogP contribution in [0.4, 0.5) is 5.69 Å². The van der Waals surface area contributed by atoms with Crippen LogP contribution in [0.5, 0.6) is 0 Å². The van der Waals surface area contributed by atoms with Crippen molar-refractivity contribution in [3.63, 3.8) is 0 Å². The van der Waals surface area contributed by atoms with E-state index in [1.807, 2.05) is 24.6 Å². The van der Waals surface area contributed by atoms with Gasteiger partial charge in [0, 0.05) is 45.1 Å². The summed E-state index contributed by atoms with van der Waals surface area (Å²) in [5.74, 6) is 1.30. The quantitative estimate of drug-likeness (QED) is 0.858. The lowest BCUT2D eigenvalue weighted by atomic mass is 9.96. The number of carbonyl (C=O) groups is 1. The molecule has 1 N–H and O–H groups in total. The van der Waals surface area contributed by atoms with Crippen LogP contribution in [0.15, 0.2) is 29.5 Å². The molecule has 1 fully saturated rings. The summed E-state index contributed by atoms with van der Waals surface area (Å²) in [5, 5.41) is 7.15. The summed E-state index contributed by atoms with van der Waals surface area (Å²) >= 11 is 0. The van der Waals surface area contributed by atoms with Gasteiger partial charge in [-0.15, -0.1) is 0 Å². The molecule has 2 aromatic rings. The predicted octanol–water partition coefficient (Wildman–Crippen LogP) is 0.879. The summed E-state index contributed by atoms with van der Waals surface area (Å²) in [5.41, 5.74) is 0.778. The van der Waals surface area contributed by atoms with Crippen LogP contribution in [0.1, 0.15) is 31.6 Å². The fourth-order valence-corrected chi connectivity index (χ4v) is 3.34. The molecular weight excluding hydrogens is 332 g/mol. The molecule has 0 radical (unpaired) electrons. The number of imidazole rings is 1. The molecule has 1 aliphatic rings. The predicted molar refractivity (Wildman–Crippen MR) is 99.1 cm³/mol. The molecule has 0 bridgehead atoms. The van der Waals surface area contributed by atoms with Gasteiger partial charge in [-0.25, -0.2) is 9.67 Å². The van der Waals surface area contributed by atoms with E-state index in [9.17, 15) is 9.59 Å². The van der Waals surface area contributed by atoms with Gasteiger partial charge >= 0.3 is 0 Å². The number of nitrogens with zero attached hydrogens (tertiary/aromatic N) is 5. The molecule has 0 spiro atoms. The third-order valence-electron chi connectivity index (χ3n) is 5.16. The number of nitrogens with one attached hydrogen (secondary N) is 1. The van der Waals surface area contributed by atoms with Gasteiger partial charge in [-0.1, -0.05) is 0 Å².